The number of benzene rings is 2. The van der Waals surface area contributed by atoms with E-state index in [2.05, 4.69) is 10.0 Å². The summed E-state index contributed by atoms with van der Waals surface area (Å²) < 4.78 is 31.9. The first-order chi connectivity index (χ1) is 13.7. The zero-order valence-corrected chi connectivity index (χ0v) is 17.2. The molecule has 8 heteroatoms. The summed E-state index contributed by atoms with van der Waals surface area (Å²) >= 11 is 0. The molecule has 29 heavy (non-hydrogen) atoms. The Kier molecular flexibility index (Phi) is 6.34. The van der Waals surface area contributed by atoms with Crippen LogP contribution in [0.25, 0.3) is 0 Å². The predicted molar refractivity (Wildman–Crippen MR) is 109 cm³/mol. The number of hydrogen-bond acceptors (Lipinski definition) is 5. The number of aryl methyl sites for hydroxylation is 3. The van der Waals surface area contributed by atoms with E-state index in [1.165, 1.54) is 30.2 Å². The zero-order chi connectivity index (χ0) is 21.0. The normalized spacial score (nSPS) is 14.1. The molecule has 1 aliphatic rings. The molecule has 0 saturated carbocycles. The Morgan fingerprint density at radius 3 is 2.48 bits per heavy atom. The minimum absolute atomic E-state index is 0.0529. The van der Waals surface area contributed by atoms with Crippen LogP contribution >= 0.6 is 0 Å². The molecule has 154 valence electrons. The van der Waals surface area contributed by atoms with Crippen LogP contribution in [0.1, 0.15) is 30.0 Å². The number of sulfonamides is 1. The van der Waals surface area contributed by atoms with E-state index >= 15 is 0 Å². The molecule has 0 fully saturated rings. The topological polar surface area (TPSA) is 102 Å². The van der Waals surface area contributed by atoms with E-state index in [4.69, 9.17) is 4.74 Å². The number of carbonyl (C=O) groups excluding carboxylic acids is 2. The highest BCUT2D eigenvalue weighted by Crippen LogP contribution is 2.24. The van der Waals surface area contributed by atoms with Crippen molar-refractivity contribution in [3.63, 3.8) is 0 Å². The lowest BCUT2D eigenvalue weighted by Crippen LogP contribution is -2.40. The van der Waals surface area contributed by atoms with Crippen LogP contribution in [0.5, 0.6) is 0 Å². The average molecular weight is 416 g/mol. The molecule has 0 radical (unpaired) electrons. The second kappa shape index (κ2) is 8.75. The largest absolute Gasteiger partial charge is 0.454 e. The maximum Gasteiger partial charge on any atom is 0.324 e. The van der Waals surface area contributed by atoms with Crippen molar-refractivity contribution in [2.45, 2.75) is 44.0 Å². The van der Waals surface area contributed by atoms with Gasteiger partial charge in [0, 0.05) is 5.69 Å². The number of anilines is 1. The quantitative estimate of drug-likeness (QED) is 0.675. The Bertz CT molecular complexity index is 1020. The van der Waals surface area contributed by atoms with E-state index in [-0.39, 0.29) is 4.90 Å². The first-order valence-electron chi connectivity index (χ1n) is 9.42. The predicted octanol–water partition coefficient (Wildman–Crippen LogP) is 2.33. The van der Waals surface area contributed by atoms with Crippen LogP contribution in [0.15, 0.2) is 47.4 Å². The number of fused-ring (bicyclic) bond motifs is 1. The summed E-state index contributed by atoms with van der Waals surface area (Å²) in [6, 6.07) is 10.9. The molecule has 0 unspecified atom stereocenters. The number of carbonyl (C=O) groups is 2. The van der Waals surface area contributed by atoms with Crippen molar-refractivity contribution in [2.75, 3.05) is 11.9 Å². The van der Waals surface area contributed by atoms with E-state index in [1.54, 1.807) is 12.1 Å². The van der Waals surface area contributed by atoms with Gasteiger partial charge in [0.05, 0.1) is 4.90 Å². The monoisotopic (exact) mass is 416 g/mol. The van der Waals surface area contributed by atoms with Gasteiger partial charge < -0.3 is 10.1 Å². The van der Waals surface area contributed by atoms with Gasteiger partial charge in [0.1, 0.15) is 6.04 Å². The van der Waals surface area contributed by atoms with E-state index in [1.807, 2.05) is 25.1 Å². The Morgan fingerprint density at radius 2 is 1.76 bits per heavy atom. The average Bonchev–Trinajstić information content (AvgIpc) is 3.14. The minimum atomic E-state index is -3.87. The van der Waals surface area contributed by atoms with Crippen LogP contribution in [0, 0.1) is 6.92 Å². The van der Waals surface area contributed by atoms with Gasteiger partial charge in [0.15, 0.2) is 6.61 Å². The van der Waals surface area contributed by atoms with Crippen molar-refractivity contribution in [1.29, 1.82) is 0 Å². The Labute approximate surface area is 170 Å². The van der Waals surface area contributed by atoms with Gasteiger partial charge in [-0.15, -0.1) is 0 Å². The molecule has 0 saturated heterocycles. The second-order valence-corrected chi connectivity index (χ2v) is 8.86. The molecular formula is C21H24N2O5S. The molecule has 0 aromatic heterocycles. The van der Waals surface area contributed by atoms with Gasteiger partial charge in [0.2, 0.25) is 10.0 Å². The summed E-state index contributed by atoms with van der Waals surface area (Å²) in [6.45, 7) is 2.72. The maximum atomic E-state index is 12.3. The van der Waals surface area contributed by atoms with Gasteiger partial charge >= 0.3 is 5.97 Å². The number of amides is 1. The zero-order valence-electron chi connectivity index (χ0n) is 16.4. The van der Waals surface area contributed by atoms with Crippen LogP contribution in [-0.4, -0.2) is 32.9 Å². The molecule has 0 heterocycles. The highest BCUT2D eigenvalue weighted by atomic mass is 32.2. The highest BCUT2D eigenvalue weighted by molar-refractivity contribution is 7.89. The third-order valence-electron chi connectivity index (χ3n) is 4.74. The van der Waals surface area contributed by atoms with Crippen molar-refractivity contribution in [3.8, 4) is 0 Å². The molecule has 1 aliphatic carbocycles. The first-order valence-corrected chi connectivity index (χ1v) is 10.9. The summed E-state index contributed by atoms with van der Waals surface area (Å²) in [5.41, 5.74) is 4.09. The number of ether oxygens (including phenoxy) is 1. The van der Waals surface area contributed by atoms with Crippen LogP contribution in [0.4, 0.5) is 5.69 Å². The van der Waals surface area contributed by atoms with E-state index in [0.717, 1.165) is 24.8 Å². The van der Waals surface area contributed by atoms with Crippen LogP contribution < -0.4 is 10.0 Å². The van der Waals surface area contributed by atoms with Crippen LogP contribution in [-0.2, 0) is 37.2 Å². The molecule has 0 spiro atoms. The molecule has 1 atom stereocenters. The van der Waals surface area contributed by atoms with Gasteiger partial charge in [-0.3, -0.25) is 9.59 Å². The van der Waals surface area contributed by atoms with Gasteiger partial charge in [-0.05, 0) is 68.5 Å². The molecule has 2 N–H and O–H groups in total. The fraction of sp³-hybridized carbons (Fsp3) is 0.333. The van der Waals surface area contributed by atoms with Crippen molar-refractivity contribution in [2.24, 2.45) is 0 Å². The Morgan fingerprint density at radius 1 is 1.07 bits per heavy atom. The molecule has 0 bridgehead atoms. The fourth-order valence-electron chi connectivity index (χ4n) is 3.17. The van der Waals surface area contributed by atoms with Gasteiger partial charge in [0.25, 0.3) is 5.91 Å². The smallest absolute Gasteiger partial charge is 0.324 e. The molecule has 3 rings (SSSR count). The summed E-state index contributed by atoms with van der Waals surface area (Å²) in [5, 5.41) is 2.69. The first kappa shape index (κ1) is 21.0. The third kappa shape index (κ3) is 5.42. The summed E-state index contributed by atoms with van der Waals surface area (Å²) in [6.07, 6.45) is 3.16. The number of nitrogens with one attached hydrogen (secondary N) is 2. The third-order valence-corrected chi connectivity index (χ3v) is 6.30. The van der Waals surface area contributed by atoms with Crippen molar-refractivity contribution < 1.29 is 22.7 Å². The van der Waals surface area contributed by atoms with Crippen molar-refractivity contribution >= 4 is 27.6 Å². The van der Waals surface area contributed by atoms with E-state index in [9.17, 15) is 18.0 Å². The molecule has 1 amide bonds. The Balaban J connectivity index is 1.50. The lowest BCUT2D eigenvalue weighted by molar-refractivity contribution is -0.148. The lowest BCUT2D eigenvalue weighted by atomic mass is 10.1. The standard InChI is InChI=1S/C21H24N2O5S/c1-14-6-10-19(11-7-14)29(26,27)23-15(2)21(25)28-13-20(24)22-18-9-8-16-4-3-5-17(16)12-18/h6-12,15,23H,3-5,13H2,1-2H3,(H,22,24)/t15-/m0/s1. The van der Waals surface area contributed by atoms with Gasteiger partial charge in [-0.25, -0.2) is 8.42 Å². The maximum absolute atomic E-state index is 12.3. The van der Waals surface area contributed by atoms with Gasteiger partial charge in [-0.2, -0.15) is 4.72 Å². The second-order valence-electron chi connectivity index (χ2n) is 7.15. The molecule has 2 aromatic carbocycles. The lowest BCUT2D eigenvalue weighted by Gasteiger charge is -2.14. The molecule has 0 aliphatic heterocycles. The summed E-state index contributed by atoms with van der Waals surface area (Å²) in [5.74, 6) is -1.31. The minimum Gasteiger partial charge on any atom is -0.454 e. The summed E-state index contributed by atoms with van der Waals surface area (Å²) in [7, 11) is -3.87. The molecule has 2 aromatic rings. The van der Waals surface area contributed by atoms with Crippen LogP contribution in [0.2, 0.25) is 0 Å². The van der Waals surface area contributed by atoms with Crippen LogP contribution in [0.3, 0.4) is 0 Å². The summed E-state index contributed by atoms with van der Waals surface area (Å²) in [4.78, 5) is 24.2. The Hall–Kier alpha value is -2.71. The fourth-order valence-corrected chi connectivity index (χ4v) is 4.37. The van der Waals surface area contributed by atoms with E-state index in [0.29, 0.717) is 5.69 Å². The van der Waals surface area contributed by atoms with Crippen molar-refractivity contribution in [1.82, 2.24) is 4.72 Å². The SMILES string of the molecule is Cc1ccc(S(=O)(=O)N[C@@H](C)C(=O)OCC(=O)Nc2ccc3c(c2)CCC3)cc1. The highest BCUT2D eigenvalue weighted by Gasteiger charge is 2.23. The van der Waals surface area contributed by atoms with Gasteiger partial charge in [-0.1, -0.05) is 23.8 Å². The van der Waals surface area contributed by atoms with E-state index < -0.39 is 34.5 Å². The molecule has 7 nitrogen and oxygen atoms in total. The van der Waals surface area contributed by atoms with Crippen molar-refractivity contribution in [3.05, 3.63) is 59.2 Å². The number of esters is 1. The number of rotatable bonds is 7. The molecular weight excluding hydrogens is 392 g/mol. The number of hydrogen-bond donors (Lipinski definition) is 2.